The van der Waals surface area contributed by atoms with E-state index in [1.165, 1.54) is 6.08 Å². The minimum absolute atomic E-state index is 0.0182. The summed E-state index contributed by atoms with van der Waals surface area (Å²) in [7, 11) is 1.63. The quantitative estimate of drug-likeness (QED) is 0.131. The Labute approximate surface area is 210 Å². The van der Waals surface area contributed by atoms with Gasteiger partial charge in [0.15, 0.2) is 11.6 Å². The molecule has 5 heteroatoms. The van der Waals surface area contributed by atoms with Crippen molar-refractivity contribution in [3.63, 3.8) is 0 Å². The predicted octanol–water partition coefficient (Wildman–Crippen LogP) is 6.12. The Bertz CT molecular complexity index is 923. The summed E-state index contributed by atoms with van der Waals surface area (Å²) in [6.45, 7) is 10.9. The summed E-state index contributed by atoms with van der Waals surface area (Å²) in [4.78, 5) is 25.0. The van der Waals surface area contributed by atoms with Crippen LogP contribution in [0.2, 0.25) is 0 Å². The van der Waals surface area contributed by atoms with Crippen LogP contribution in [0, 0.1) is 11.3 Å². The number of carbonyl (C=O) groups is 2. The normalized spacial score (nSPS) is 18.8. The molecule has 0 saturated carbocycles. The number of hydrogen-bond acceptors (Lipinski definition) is 5. The van der Waals surface area contributed by atoms with E-state index in [1.807, 2.05) is 48.6 Å². The van der Waals surface area contributed by atoms with Crippen molar-refractivity contribution in [2.45, 2.75) is 52.6 Å². The van der Waals surface area contributed by atoms with Gasteiger partial charge in [-0.3, -0.25) is 9.59 Å². The Hall–Kier alpha value is -2.60. The van der Waals surface area contributed by atoms with E-state index in [0.29, 0.717) is 26.1 Å². The van der Waals surface area contributed by atoms with E-state index in [0.717, 1.165) is 29.6 Å². The lowest BCUT2D eigenvalue weighted by Gasteiger charge is -2.43. The van der Waals surface area contributed by atoms with Gasteiger partial charge in [0.2, 0.25) is 0 Å². The maximum absolute atomic E-state index is 13.4. The molecule has 0 radical (unpaired) electrons. The van der Waals surface area contributed by atoms with Crippen LogP contribution in [0.3, 0.4) is 0 Å². The maximum Gasteiger partial charge on any atom is 0.182 e. The van der Waals surface area contributed by atoms with Crippen molar-refractivity contribution < 1.29 is 23.8 Å². The van der Waals surface area contributed by atoms with Gasteiger partial charge in [0.25, 0.3) is 0 Å². The fourth-order valence-electron chi connectivity index (χ4n) is 4.71. The first kappa shape index (κ1) is 28.6. The molecule has 2 unspecified atom stereocenters. The monoisotopic (exact) mass is 480 g/mol. The van der Waals surface area contributed by atoms with E-state index in [9.17, 15) is 9.59 Å². The standard InChI is InChI=1S/C30H40O5/c1-6-25(31)14-10-11-15-28(35-22-34-21-20-33-5)26-18-16-23(2)29(30(26,3)4)27(32)19-17-24-12-8-7-9-13-24/h6-9,11-13,15,17,19,26,28H,1,10,14,16,18,20-22H2,2-5H3/b15-11+,19-17+. The summed E-state index contributed by atoms with van der Waals surface area (Å²) >= 11 is 0. The molecule has 2 rings (SSSR count). The number of allylic oxidation sites excluding steroid dienone is 5. The van der Waals surface area contributed by atoms with Gasteiger partial charge in [-0.25, -0.2) is 0 Å². The van der Waals surface area contributed by atoms with Crippen LogP contribution in [0.5, 0.6) is 0 Å². The van der Waals surface area contributed by atoms with E-state index in [1.54, 1.807) is 13.2 Å². The molecule has 0 N–H and O–H groups in total. The van der Waals surface area contributed by atoms with Gasteiger partial charge in [-0.1, -0.05) is 74.6 Å². The molecular formula is C30H40O5. The summed E-state index contributed by atoms with van der Waals surface area (Å²) in [6.07, 6.45) is 11.4. The lowest BCUT2D eigenvalue weighted by molar-refractivity contribution is -0.118. The average molecular weight is 481 g/mol. The fraction of sp³-hybridized carbons (Fsp3) is 0.467. The number of rotatable bonds is 15. The van der Waals surface area contributed by atoms with Gasteiger partial charge < -0.3 is 14.2 Å². The van der Waals surface area contributed by atoms with Gasteiger partial charge in [0.1, 0.15) is 6.79 Å². The molecule has 1 aliphatic rings. The molecule has 0 amide bonds. The minimum atomic E-state index is -0.404. The Balaban J connectivity index is 2.21. The number of hydrogen-bond donors (Lipinski definition) is 0. The van der Waals surface area contributed by atoms with Gasteiger partial charge in [-0.05, 0) is 55.2 Å². The summed E-state index contributed by atoms with van der Waals surface area (Å²) in [5.74, 6) is 0.133. The SMILES string of the molecule is C=CC(=O)CC/C=C/C(OCOCCOC)C1CCC(C)=C(C(=O)/C=C/c2ccccc2)C1(C)C. The van der Waals surface area contributed by atoms with Crippen molar-refractivity contribution in [2.24, 2.45) is 11.3 Å². The first-order valence-electron chi connectivity index (χ1n) is 12.3. The Morgan fingerprint density at radius 2 is 1.94 bits per heavy atom. The highest BCUT2D eigenvalue weighted by atomic mass is 16.7. The summed E-state index contributed by atoms with van der Waals surface area (Å²) in [5, 5.41) is 0. The summed E-state index contributed by atoms with van der Waals surface area (Å²) in [5.41, 5.74) is 2.57. The third-order valence-corrected chi connectivity index (χ3v) is 6.58. The number of benzene rings is 1. The van der Waals surface area contributed by atoms with Crippen LogP contribution >= 0.6 is 0 Å². The third kappa shape index (κ3) is 8.84. The van der Waals surface area contributed by atoms with Gasteiger partial charge in [0, 0.05) is 19.1 Å². The van der Waals surface area contributed by atoms with Crippen LogP contribution in [0.4, 0.5) is 0 Å². The van der Waals surface area contributed by atoms with Gasteiger partial charge in [0.05, 0.1) is 19.3 Å². The predicted molar refractivity (Wildman–Crippen MR) is 141 cm³/mol. The summed E-state index contributed by atoms with van der Waals surface area (Å²) < 4.78 is 16.8. The molecule has 190 valence electrons. The van der Waals surface area contributed by atoms with Gasteiger partial charge in [-0.15, -0.1) is 0 Å². The van der Waals surface area contributed by atoms with Crippen LogP contribution in [0.25, 0.3) is 6.08 Å². The highest BCUT2D eigenvalue weighted by Crippen LogP contribution is 2.47. The lowest BCUT2D eigenvalue weighted by atomic mass is 9.62. The Kier molecular flexibility index (Phi) is 12.0. The van der Waals surface area contributed by atoms with Crippen LogP contribution in [0.15, 0.2) is 72.4 Å². The molecule has 2 atom stereocenters. The summed E-state index contributed by atoms with van der Waals surface area (Å²) in [6, 6.07) is 9.84. The van der Waals surface area contributed by atoms with Crippen molar-refractivity contribution >= 4 is 17.6 Å². The second kappa shape index (κ2) is 14.7. The molecule has 0 saturated heterocycles. The number of carbonyl (C=O) groups excluding carboxylic acids is 2. The van der Waals surface area contributed by atoms with Crippen LogP contribution in [-0.4, -0.2) is 44.8 Å². The first-order chi connectivity index (χ1) is 16.8. The van der Waals surface area contributed by atoms with E-state index < -0.39 is 5.41 Å². The molecule has 1 aliphatic carbocycles. The topological polar surface area (TPSA) is 61.8 Å². The zero-order chi connectivity index (χ0) is 25.7. The molecule has 0 spiro atoms. The molecule has 0 aliphatic heterocycles. The molecule has 5 nitrogen and oxygen atoms in total. The van der Waals surface area contributed by atoms with E-state index in [4.69, 9.17) is 14.2 Å². The number of ether oxygens (including phenoxy) is 3. The smallest absolute Gasteiger partial charge is 0.182 e. The van der Waals surface area contributed by atoms with Crippen molar-refractivity contribution in [1.82, 2.24) is 0 Å². The average Bonchev–Trinajstić information content (AvgIpc) is 2.84. The minimum Gasteiger partial charge on any atom is -0.382 e. The second-order valence-electron chi connectivity index (χ2n) is 9.42. The van der Waals surface area contributed by atoms with Crippen molar-refractivity contribution in [2.75, 3.05) is 27.1 Å². The van der Waals surface area contributed by atoms with Gasteiger partial charge in [-0.2, -0.15) is 0 Å². The zero-order valence-corrected chi connectivity index (χ0v) is 21.6. The van der Waals surface area contributed by atoms with Gasteiger partial charge >= 0.3 is 0 Å². The number of methoxy groups -OCH3 is 1. The first-order valence-corrected chi connectivity index (χ1v) is 12.3. The Morgan fingerprint density at radius 1 is 1.20 bits per heavy atom. The molecule has 1 aromatic carbocycles. The third-order valence-electron chi connectivity index (χ3n) is 6.58. The lowest BCUT2D eigenvalue weighted by Crippen LogP contribution is -2.41. The number of ketones is 2. The molecule has 1 aromatic rings. The molecule has 0 fully saturated rings. The Morgan fingerprint density at radius 3 is 2.63 bits per heavy atom. The molecular weight excluding hydrogens is 440 g/mol. The molecule has 0 heterocycles. The van der Waals surface area contributed by atoms with Crippen LogP contribution in [0.1, 0.15) is 52.0 Å². The molecule has 0 bridgehead atoms. The second-order valence-corrected chi connectivity index (χ2v) is 9.42. The highest BCUT2D eigenvalue weighted by molar-refractivity contribution is 6.07. The van der Waals surface area contributed by atoms with Crippen molar-refractivity contribution in [1.29, 1.82) is 0 Å². The van der Waals surface area contributed by atoms with E-state index in [-0.39, 0.29) is 30.4 Å². The molecule has 0 aromatic heterocycles. The van der Waals surface area contributed by atoms with Crippen LogP contribution < -0.4 is 0 Å². The van der Waals surface area contributed by atoms with Crippen molar-refractivity contribution in [3.8, 4) is 0 Å². The van der Waals surface area contributed by atoms with E-state index >= 15 is 0 Å². The zero-order valence-electron chi connectivity index (χ0n) is 21.6. The van der Waals surface area contributed by atoms with Crippen LogP contribution in [-0.2, 0) is 23.8 Å². The largest absolute Gasteiger partial charge is 0.382 e. The fourth-order valence-corrected chi connectivity index (χ4v) is 4.71. The maximum atomic E-state index is 13.4. The molecule has 35 heavy (non-hydrogen) atoms. The van der Waals surface area contributed by atoms with Crippen molar-refractivity contribution in [3.05, 3.63) is 77.9 Å². The van der Waals surface area contributed by atoms with E-state index in [2.05, 4.69) is 27.4 Å². The highest BCUT2D eigenvalue weighted by Gasteiger charge is 2.43.